The second kappa shape index (κ2) is 9.06. The molecule has 3 N–H and O–H groups in total. The number of halogens is 1. The summed E-state index contributed by atoms with van der Waals surface area (Å²) < 4.78 is 0.955. The van der Waals surface area contributed by atoms with Crippen molar-refractivity contribution in [3.8, 4) is 11.3 Å². The highest BCUT2D eigenvalue weighted by Crippen LogP contribution is 2.29. The van der Waals surface area contributed by atoms with Crippen molar-refractivity contribution in [2.75, 3.05) is 16.0 Å². The second-order valence-corrected chi connectivity index (χ2v) is 8.29. The maximum absolute atomic E-state index is 12.3. The van der Waals surface area contributed by atoms with Crippen LogP contribution in [-0.2, 0) is 0 Å². The number of nitrogens with one attached hydrogen (secondary N) is 3. The molecule has 0 aliphatic rings. The van der Waals surface area contributed by atoms with Gasteiger partial charge in [-0.3, -0.25) is 4.98 Å². The van der Waals surface area contributed by atoms with Crippen molar-refractivity contribution in [2.45, 2.75) is 6.92 Å². The maximum atomic E-state index is 12.3. The molecule has 8 heteroatoms. The smallest absolute Gasteiger partial charge is 0.323 e. The predicted molar refractivity (Wildman–Crippen MR) is 127 cm³/mol. The van der Waals surface area contributed by atoms with Gasteiger partial charge in [0.25, 0.3) is 0 Å². The third-order valence-electron chi connectivity index (χ3n) is 4.30. The monoisotopic (exact) mass is 479 g/mol. The molecular weight excluding hydrogens is 462 g/mol. The van der Waals surface area contributed by atoms with Gasteiger partial charge in [-0.15, -0.1) is 11.3 Å². The van der Waals surface area contributed by atoms with Crippen molar-refractivity contribution >= 4 is 55.5 Å². The van der Waals surface area contributed by atoms with Crippen LogP contribution in [0, 0.1) is 6.92 Å². The highest BCUT2D eigenvalue weighted by Gasteiger charge is 2.09. The molecule has 0 saturated heterocycles. The molecule has 6 nitrogen and oxygen atoms in total. The summed E-state index contributed by atoms with van der Waals surface area (Å²) in [5.74, 6) is 0. The van der Waals surface area contributed by atoms with Gasteiger partial charge in [0.15, 0.2) is 5.13 Å². The molecule has 0 fully saturated rings. The molecule has 0 radical (unpaired) electrons. The minimum Gasteiger partial charge on any atom is -0.331 e. The van der Waals surface area contributed by atoms with Crippen molar-refractivity contribution < 1.29 is 4.79 Å². The summed E-state index contributed by atoms with van der Waals surface area (Å²) in [6, 6.07) is 16.7. The fourth-order valence-corrected chi connectivity index (χ4v) is 3.75. The zero-order chi connectivity index (χ0) is 20.9. The van der Waals surface area contributed by atoms with Crippen molar-refractivity contribution in [1.29, 1.82) is 0 Å². The number of thiazole rings is 1. The first-order valence-corrected chi connectivity index (χ1v) is 10.8. The Kier molecular flexibility index (Phi) is 6.06. The van der Waals surface area contributed by atoms with Gasteiger partial charge in [0.05, 0.1) is 5.69 Å². The Labute approximate surface area is 186 Å². The van der Waals surface area contributed by atoms with Gasteiger partial charge < -0.3 is 16.0 Å². The van der Waals surface area contributed by atoms with Crippen molar-refractivity contribution in [2.24, 2.45) is 0 Å². The summed E-state index contributed by atoms with van der Waals surface area (Å²) in [7, 11) is 0. The Morgan fingerprint density at radius 1 is 1.03 bits per heavy atom. The van der Waals surface area contributed by atoms with Gasteiger partial charge in [0.1, 0.15) is 0 Å². The number of urea groups is 1. The third-order valence-corrected chi connectivity index (χ3v) is 5.59. The van der Waals surface area contributed by atoms with E-state index in [1.54, 1.807) is 12.4 Å². The lowest BCUT2D eigenvalue weighted by Crippen LogP contribution is -2.19. The topological polar surface area (TPSA) is 78.9 Å². The summed E-state index contributed by atoms with van der Waals surface area (Å²) in [6.07, 6.45) is 3.53. The van der Waals surface area contributed by atoms with E-state index in [4.69, 9.17) is 0 Å². The van der Waals surface area contributed by atoms with E-state index in [9.17, 15) is 4.79 Å². The molecule has 2 heterocycles. The SMILES string of the molecule is Cc1ccc(NC(=O)Nc2ccc(Br)cc2)cc1Nc1nc(-c2cccnc2)cs1. The number of carbonyl (C=O) groups is 1. The first kappa shape index (κ1) is 20.1. The van der Waals surface area contributed by atoms with Gasteiger partial charge in [-0.25, -0.2) is 9.78 Å². The Morgan fingerprint density at radius 2 is 1.80 bits per heavy atom. The molecule has 2 amide bonds. The number of aryl methyl sites for hydroxylation is 1. The Bertz CT molecular complexity index is 1160. The van der Waals surface area contributed by atoms with Crippen LogP contribution in [0.1, 0.15) is 5.56 Å². The average molecular weight is 480 g/mol. The lowest BCUT2D eigenvalue weighted by molar-refractivity contribution is 0.262. The van der Waals surface area contributed by atoms with Crippen molar-refractivity contribution in [3.63, 3.8) is 0 Å². The van der Waals surface area contributed by atoms with Crippen LogP contribution in [0.4, 0.5) is 27.0 Å². The van der Waals surface area contributed by atoms with Gasteiger partial charge in [0, 0.05) is 44.9 Å². The number of amides is 2. The number of carbonyl (C=O) groups excluding carboxylic acids is 1. The first-order chi connectivity index (χ1) is 14.6. The quantitative estimate of drug-likeness (QED) is 0.298. The van der Waals surface area contributed by atoms with E-state index in [2.05, 4.69) is 41.8 Å². The predicted octanol–water partition coefficient (Wildman–Crippen LogP) is 6.66. The lowest BCUT2D eigenvalue weighted by atomic mass is 10.2. The fraction of sp³-hybridized carbons (Fsp3) is 0.0455. The molecule has 30 heavy (non-hydrogen) atoms. The van der Waals surface area contributed by atoms with E-state index < -0.39 is 0 Å². The van der Waals surface area contributed by atoms with E-state index in [0.29, 0.717) is 11.4 Å². The molecule has 4 aromatic rings. The maximum Gasteiger partial charge on any atom is 0.323 e. The van der Waals surface area contributed by atoms with Crippen LogP contribution in [0.5, 0.6) is 0 Å². The minimum atomic E-state index is -0.305. The molecule has 0 unspecified atom stereocenters. The second-order valence-electron chi connectivity index (χ2n) is 6.52. The summed E-state index contributed by atoms with van der Waals surface area (Å²) in [4.78, 5) is 21.1. The third kappa shape index (κ3) is 5.03. The Morgan fingerprint density at radius 3 is 2.57 bits per heavy atom. The number of benzene rings is 2. The number of nitrogens with zero attached hydrogens (tertiary/aromatic N) is 2. The van der Waals surface area contributed by atoms with Crippen LogP contribution in [-0.4, -0.2) is 16.0 Å². The average Bonchev–Trinajstić information content (AvgIpc) is 3.21. The largest absolute Gasteiger partial charge is 0.331 e. The van der Waals surface area contributed by atoms with Crippen LogP contribution >= 0.6 is 27.3 Å². The number of hydrogen-bond acceptors (Lipinski definition) is 5. The summed E-state index contributed by atoms with van der Waals surface area (Å²) in [5, 5.41) is 11.8. The van der Waals surface area contributed by atoms with Crippen LogP contribution < -0.4 is 16.0 Å². The molecule has 0 bridgehead atoms. The highest BCUT2D eigenvalue weighted by molar-refractivity contribution is 9.10. The molecule has 2 aromatic carbocycles. The van der Waals surface area contributed by atoms with Crippen LogP contribution in [0.15, 0.2) is 76.8 Å². The zero-order valence-corrected chi connectivity index (χ0v) is 18.4. The fourth-order valence-electron chi connectivity index (χ4n) is 2.75. The van der Waals surface area contributed by atoms with Crippen LogP contribution in [0.25, 0.3) is 11.3 Å². The summed E-state index contributed by atoms with van der Waals surface area (Å²) in [5.41, 5.74) is 5.17. The number of hydrogen-bond donors (Lipinski definition) is 3. The van der Waals surface area contributed by atoms with E-state index in [0.717, 1.165) is 32.1 Å². The number of aromatic nitrogens is 2. The number of pyridine rings is 1. The van der Waals surface area contributed by atoms with Gasteiger partial charge in [-0.1, -0.05) is 22.0 Å². The molecule has 4 rings (SSSR count). The van der Waals surface area contributed by atoms with Gasteiger partial charge in [-0.05, 0) is 61.0 Å². The van der Waals surface area contributed by atoms with Crippen LogP contribution in [0.2, 0.25) is 0 Å². The Balaban J connectivity index is 1.45. The molecule has 0 aliphatic heterocycles. The number of rotatable bonds is 5. The normalized spacial score (nSPS) is 10.5. The summed E-state index contributed by atoms with van der Waals surface area (Å²) >= 11 is 4.90. The molecule has 150 valence electrons. The number of anilines is 4. The van der Waals surface area contributed by atoms with E-state index in [1.165, 1.54) is 11.3 Å². The molecular formula is C22H18BrN5OS. The zero-order valence-electron chi connectivity index (χ0n) is 16.0. The summed E-state index contributed by atoms with van der Waals surface area (Å²) in [6.45, 7) is 2.00. The van der Waals surface area contributed by atoms with E-state index in [-0.39, 0.29) is 6.03 Å². The van der Waals surface area contributed by atoms with E-state index >= 15 is 0 Å². The van der Waals surface area contributed by atoms with Crippen molar-refractivity contribution in [3.05, 3.63) is 82.4 Å². The molecule has 0 spiro atoms. The molecule has 2 aromatic heterocycles. The lowest BCUT2D eigenvalue weighted by Gasteiger charge is -2.12. The highest BCUT2D eigenvalue weighted by atomic mass is 79.9. The van der Waals surface area contributed by atoms with Gasteiger partial charge in [-0.2, -0.15) is 0 Å². The van der Waals surface area contributed by atoms with Crippen molar-refractivity contribution in [1.82, 2.24) is 9.97 Å². The Hall–Kier alpha value is -3.23. The van der Waals surface area contributed by atoms with Gasteiger partial charge >= 0.3 is 6.03 Å². The molecule has 0 aliphatic carbocycles. The molecule has 0 saturated carbocycles. The first-order valence-electron chi connectivity index (χ1n) is 9.14. The van der Waals surface area contributed by atoms with Crippen LogP contribution in [0.3, 0.4) is 0 Å². The molecule has 0 atom stereocenters. The van der Waals surface area contributed by atoms with Gasteiger partial charge in [0.2, 0.25) is 0 Å². The standard InChI is InChI=1S/C22H18BrN5OS/c1-14-4-7-18(26-21(29)25-17-8-5-16(23)6-9-17)11-19(14)27-22-28-20(13-30-22)15-3-2-10-24-12-15/h2-13H,1H3,(H,27,28)(H2,25,26,29). The van der Waals surface area contributed by atoms with E-state index in [1.807, 2.05) is 66.9 Å². The minimum absolute atomic E-state index is 0.305.